The number of benzene rings is 1. The fourth-order valence-corrected chi connectivity index (χ4v) is 3.54. The van der Waals surface area contributed by atoms with E-state index in [-0.39, 0.29) is 11.6 Å². The molecular weight excluding hydrogens is 402 g/mol. The largest absolute Gasteiger partial charge is 0.494 e. The van der Waals surface area contributed by atoms with Crippen molar-refractivity contribution in [2.75, 3.05) is 13.1 Å². The van der Waals surface area contributed by atoms with Crippen molar-refractivity contribution in [1.29, 1.82) is 0 Å². The lowest BCUT2D eigenvalue weighted by atomic mass is 9.78. The summed E-state index contributed by atoms with van der Waals surface area (Å²) in [5.41, 5.74) is -1.15. The number of nitrogens with one attached hydrogen (secondary N) is 1. The molecule has 0 aliphatic carbocycles. The first-order valence-corrected chi connectivity index (χ1v) is 10.6. The number of nitrogens with zero attached hydrogens (tertiary/aromatic N) is 1. The van der Waals surface area contributed by atoms with E-state index in [4.69, 9.17) is 14.0 Å². The predicted octanol–water partition coefficient (Wildman–Crippen LogP) is 2.86. The first-order chi connectivity index (χ1) is 14.2. The van der Waals surface area contributed by atoms with E-state index in [1.807, 2.05) is 27.7 Å². The first-order valence-electron chi connectivity index (χ1n) is 10.6. The summed E-state index contributed by atoms with van der Waals surface area (Å²) in [6.07, 6.45) is 0.0586. The second-order valence-electron chi connectivity index (χ2n) is 10.2. The van der Waals surface area contributed by atoms with Gasteiger partial charge in [0.05, 0.1) is 22.8 Å². The third kappa shape index (κ3) is 5.21. The molecule has 0 spiro atoms. The minimum Gasteiger partial charge on any atom is -0.444 e. The summed E-state index contributed by atoms with van der Waals surface area (Å²) in [4.78, 5) is 26.3. The zero-order valence-electron chi connectivity index (χ0n) is 19.4. The summed E-state index contributed by atoms with van der Waals surface area (Å²) in [5.74, 6) is -1.03. The third-order valence-electron chi connectivity index (χ3n) is 5.95. The van der Waals surface area contributed by atoms with Crippen LogP contribution in [0.1, 0.15) is 65.2 Å². The summed E-state index contributed by atoms with van der Waals surface area (Å²) in [7, 11) is -0.696. The summed E-state index contributed by atoms with van der Waals surface area (Å²) >= 11 is 0. The van der Waals surface area contributed by atoms with Gasteiger partial charge in [0.15, 0.2) is 0 Å². The maximum Gasteiger partial charge on any atom is 0.494 e. The van der Waals surface area contributed by atoms with Gasteiger partial charge in [-0.2, -0.15) is 0 Å². The smallest absolute Gasteiger partial charge is 0.444 e. The lowest BCUT2D eigenvalue weighted by molar-refractivity contribution is 0.00578. The van der Waals surface area contributed by atoms with Crippen molar-refractivity contribution >= 4 is 24.6 Å². The van der Waals surface area contributed by atoms with Crippen LogP contribution in [-0.2, 0) is 14.0 Å². The minimum atomic E-state index is -0.696. The van der Waals surface area contributed by atoms with Gasteiger partial charge in [0.2, 0.25) is 0 Å². The summed E-state index contributed by atoms with van der Waals surface area (Å²) in [5, 5.41) is 2.77. The van der Waals surface area contributed by atoms with Gasteiger partial charge in [0.1, 0.15) is 11.4 Å². The zero-order chi connectivity index (χ0) is 23.2. The molecule has 170 valence electrons. The number of likely N-dealkylation sites (tertiary alicyclic amines) is 1. The summed E-state index contributed by atoms with van der Waals surface area (Å²) in [6, 6.07) is 4.19. The zero-order valence-corrected chi connectivity index (χ0v) is 19.4. The molecule has 2 amide bonds. The molecular formula is C22H32BFN2O5. The Balaban J connectivity index is 1.64. The van der Waals surface area contributed by atoms with Crippen molar-refractivity contribution in [3.63, 3.8) is 0 Å². The normalized spacial score (nSPS) is 22.5. The van der Waals surface area contributed by atoms with Crippen LogP contribution in [0.15, 0.2) is 18.2 Å². The maximum absolute atomic E-state index is 14.8. The molecule has 2 aliphatic heterocycles. The molecule has 1 atom stereocenters. The number of hydrogen-bond acceptors (Lipinski definition) is 5. The molecule has 2 saturated heterocycles. The average molecular weight is 434 g/mol. The van der Waals surface area contributed by atoms with E-state index >= 15 is 0 Å². The number of carbonyl (C=O) groups is 2. The van der Waals surface area contributed by atoms with Crippen LogP contribution in [0.5, 0.6) is 0 Å². The third-order valence-corrected chi connectivity index (χ3v) is 5.95. The number of carbonyl (C=O) groups excluding carboxylic acids is 2. The fourth-order valence-electron chi connectivity index (χ4n) is 3.54. The quantitative estimate of drug-likeness (QED) is 0.741. The molecule has 1 N–H and O–H groups in total. The summed E-state index contributed by atoms with van der Waals surface area (Å²) in [6.45, 7) is 13.8. The number of amides is 2. The van der Waals surface area contributed by atoms with Crippen LogP contribution < -0.4 is 10.8 Å². The molecule has 0 saturated carbocycles. The van der Waals surface area contributed by atoms with E-state index in [2.05, 4.69) is 5.32 Å². The van der Waals surface area contributed by atoms with Crippen molar-refractivity contribution < 1.29 is 28.0 Å². The number of rotatable bonds is 3. The Bertz CT molecular complexity index is 852. The Morgan fingerprint density at radius 3 is 2.35 bits per heavy atom. The highest BCUT2D eigenvalue weighted by Gasteiger charge is 2.51. The van der Waals surface area contributed by atoms with Crippen molar-refractivity contribution in [2.45, 2.75) is 77.7 Å². The van der Waals surface area contributed by atoms with E-state index < -0.39 is 41.7 Å². The van der Waals surface area contributed by atoms with Crippen molar-refractivity contribution in [3.05, 3.63) is 29.6 Å². The standard InChI is InChI=1S/C22H32BFN2O5/c1-20(2,3)29-19(28)25-15-10-11-26(13-15)18(27)16-9-8-14(12-17(16)24)23-30-21(4,5)22(6,7)31-23/h8-9,12,15H,10-11,13H2,1-7H3,(H,25,28). The fraction of sp³-hybridized carbons (Fsp3) is 0.636. The van der Waals surface area contributed by atoms with Crippen LogP contribution in [0.2, 0.25) is 0 Å². The monoisotopic (exact) mass is 434 g/mol. The highest BCUT2D eigenvalue weighted by Crippen LogP contribution is 2.36. The van der Waals surface area contributed by atoms with Crippen LogP contribution >= 0.6 is 0 Å². The molecule has 7 nitrogen and oxygen atoms in total. The molecule has 2 heterocycles. The second kappa shape index (κ2) is 8.09. The second-order valence-corrected chi connectivity index (χ2v) is 10.2. The van der Waals surface area contributed by atoms with Gasteiger partial charge in [0, 0.05) is 13.1 Å². The molecule has 1 unspecified atom stereocenters. The lowest BCUT2D eigenvalue weighted by Gasteiger charge is -2.32. The van der Waals surface area contributed by atoms with Gasteiger partial charge in [-0.3, -0.25) is 4.79 Å². The molecule has 1 aromatic carbocycles. The van der Waals surface area contributed by atoms with Gasteiger partial charge in [-0.15, -0.1) is 0 Å². The molecule has 3 rings (SSSR count). The van der Waals surface area contributed by atoms with E-state index in [1.165, 1.54) is 17.0 Å². The minimum absolute atomic E-state index is 0.0156. The van der Waals surface area contributed by atoms with Gasteiger partial charge in [-0.1, -0.05) is 6.07 Å². The Hall–Kier alpha value is -2.13. The highest BCUT2D eigenvalue weighted by atomic mass is 19.1. The number of ether oxygens (including phenoxy) is 1. The topological polar surface area (TPSA) is 77.1 Å². The molecule has 2 fully saturated rings. The first kappa shape index (κ1) is 23.5. The van der Waals surface area contributed by atoms with Gasteiger partial charge < -0.3 is 24.3 Å². The SMILES string of the molecule is CC(C)(C)OC(=O)NC1CCN(C(=O)c2ccc(B3OC(C)(C)C(C)(C)O3)cc2F)C1. The van der Waals surface area contributed by atoms with Crippen LogP contribution in [-0.4, -0.2) is 60.0 Å². The molecule has 0 aromatic heterocycles. The Labute approximate surface area is 183 Å². The number of halogens is 1. The van der Waals surface area contributed by atoms with Crippen LogP contribution in [0.25, 0.3) is 0 Å². The Morgan fingerprint density at radius 2 is 1.81 bits per heavy atom. The van der Waals surface area contributed by atoms with Crippen LogP contribution in [0, 0.1) is 5.82 Å². The van der Waals surface area contributed by atoms with Crippen molar-refractivity contribution in [1.82, 2.24) is 10.2 Å². The highest BCUT2D eigenvalue weighted by molar-refractivity contribution is 6.62. The molecule has 0 radical (unpaired) electrons. The van der Waals surface area contributed by atoms with Crippen LogP contribution in [0.3, 0.4) is 0 Å². The predicted molar refractivity (Wildman–Crippen MR) is 116 cm³/mol. The number of alkyl carbamates (subject to hydrolysis) is 1. The Morgan fingerprint density at radius 1 is 1.19 bits per heavy atom. The molecule has 31 heavy (non-hydrogen) atoms. The van der Waals surface area contributed by atoms with E-state index in [0.29, 0.717) is 25.0 Å². The lowest BCUT2D eigenvalue weighted by Crippen LogP contribution is -2.41. The van der Waals surface area contributed by atoms with Gasteiger partial charge in [-0.05, 0) is 72.5 Å². The van der Waals surface area contributed by atoms with Gasteiger partial charge in [-0.25, -0.2) is 9.18 Å². The molecule has 2 aliphatic rings. The molecule has 0 bridgehead atoms. The average Bonchev–Trinajstić information content (AvgIpc) is 3.14. The molecule has 9 heteroatoms. The van der Waals surface area contributed by atoms with E-state index in [9.17, 15) is 14.0 Å². The van der Waals surface area contributed by atoms with Gasteiger partial charge in [0.25, 0.3) is 5.91 Å². The van der Waals surface area contributed by atoms with Crippen LogP contribution in [0.4, 0.5) is 9.18 Å². The molecule has 1 aromatic rings. The maximum atomic E-state index is 14.8. The Kier molecular flexibility index (Phi) is 6.14. The van der Waals surface area contributed by atoms with Crippen molar-refractivity contribution in [2.24, 2.45) is 0 Å². The number of hydrogen-bond donors (Lipinski definition) is 1. The van der Waals surface area contributed by atoms with Crippen molar-refractivity contribution in [3.8, 4) is 0 Å². The van der Waals surface area contributed by atoms with Gasteiger partial charge >= 0.3 is 13.2 Å². The summed E-state index contributed by atoms with van der Waals surface area (Å²) < 4.78 is 32.0. The van der Waals surface area contributed by atoms with E-state index in [1.54, 1.807) is 26.8 Å². The van der Waals surface area contributed by atoms with E-state index in [0.717, 1.165) is 0 Å².